The third-order valence-electron chi connectivity index (χ3n) is 4.23. The van der Waals surface area contributed by atoms with E-state index in [1.165, 1.54) is 0 Å². The molecule has 0 aliphatic carbocycles. The topological polar surface area (TPSA) is 69.8 Å². The molecular formula is C17H27N3O2. The summed E-state index contributed by atoms with van der Waals surface area (Å²) in [5.41, 5.74) is 6.49. The number of piperazine rings is 1. The number of carbonyl (C=O) groups excluding carboxylic acids is 1. The highest BCUT2D eigenvalue weighted by molar-refractivity contribution is 5.85. The van der Waals surface area contributed by atoms with Crippen LogP contribution in [0.1, 0.15) is 32.3 Å². The highest BCUT2D eigenvalue weighted by Gasteiger charge is 2.33. The number of nitrogens with two attached hydrogens (primary N) is 1. The van der Waals surface area contributed by atoms with Gasteiger partial charge in [0.15, 0.2) is 0 Å². The average Bonchev–Trinajstić information content (AvgIpc) is 2.47. The van der Waals surface area contributed by atoms with Gasteiger partial charge in [-0.3, -0.25) is 9.69 Å². The fourth-order valence-corrected chi connectivity index (χ4v) is 3.01. The summed E-state index contributed by atoms with van der Waals surface area (Å²) in [5.74, 6) is 0.358. The predicted molar refractivity (Wildman–Crippen MR) is 87.5 cm³/mol. The van der Waals surface area contributed by atoms with Gasteiger partial charge in [0.1, 0.15) is 5.75 Å². The Hall–Kier alpha value is -1.59. The third kappa shape index (κ3) is 4.21. The molecule has 1 aliphatic rings. The minimum Gasteiger partial charge on any atom is -0.508 e. The number of carbonyl (C=O) groups is 1. The van der Waals surface area contributed by atoms with E-state index in [1.54, 1.807) is 12.1 Å². The monoisotopic (exact) mass is 305 g/mol. The molecule has 1 aliphatic heterocycles. The smallest absolute Gasteiger partial charge is 0.242 e. The molecule has 1 amide bonds. The van der Waals surface area contributed by atoms with Gasteiger partial charge in [-0.05, 0) is 31.0 Å². The number of hydrogen-bond acceptors (Lipinski definition) is 4. The maximum Gasteiger partial charge on any atom is 0.242 e. The van der Waals surface area contributed by atoms with E-state index >= 15 is 0 Å². The van der Waals surface area contributed by atoms with Crippen LogP contribution in [0.2, 0.25) is 0 Å². The molecule has 0 radical (unpaired) electrons. The summed E-state index contributed by atoms with van der Waals surface area (Å²) < 4.78 is 0. The van der Waals surface area contributed by atoms with Crippen LogP contribution >= 0.6 is 0 Å². The second-order valence-corrected chi connectivity index (χ2v) is 6.41. The fraction of sp³-hybridized carbons (Fsp3) is 0.588. The summed E-state index contributed by atoms with van der Waals surface area (Å²) in [6.45, 7) is 7.78. The minimum atomic E-state index is -0.748. The molecule has 0 saturated carbocycles. The maximum absolute atomic E-state index is 12.5. The third-order valence-corrected chi connectivity index (χ3v) is 4.23. The average molecular weight is 305 g/mol. The van der Waals surface area contributed by atoms with Crippen molar-refractivity contribution in [1.82, 2.24) is 9.80 Å². The second kappa shape index (κ2) is 7.11. The van der Waals surface area contributed by atoms with Gasteiger partial charge >= 0.3 is 0 Å². The Morgan fingerprint density at radius 3 is 2.59 bits per heavy atom. The molecule has 2 rings (SSSR count). The van der Waals surface area contributed by atoms with Crippen LogP contribution in [0.4, 0.5) is 0 Å². The lowest BCUT2D eigenvalue weighted by molar-refractivity contribution is -0.138. The predicted octanol–water partition coefficient (Wildman–Crippen LogP) is 1.55. The first-order chi connectivity index (χ1) is 10.4. The molecule has 22 heavy (non-hydrogen) atoms. The van der Waals surface area contributed by atoms with Crippen LogP contribution in [0.25, 0.3) is 0 Å². The van der Waals surface area contributed by atoms with Crippen LogP contribution < -0.4 is 5.73 Å². The van der Waals surface area contributed by atoms with Gasteiger partial charge < -0.3 is 15.7 Å². The van der Waals surface area contributed by atoms with E-state index in [2.05, 4.69) is 4.90 Å². The number of benzene rings is 1. The first-order valence-corrected chi connectivity index (χ1v) is 8.01. The van der Waals surface area contributed by atoms with E-state index in [4.69, 9.17) is 5.73 Å². The zero-order valence-corrected chi connectivity index (χ0v) is 13.6. The molecule has 0 bridgehead atoms. The normalized spacial score (nSPS) is 19.0. The molecule has 1 heterocycles. The van der Waals surface area contributed by atoms with Crippen LogP contribution in [0.3, 0.4) is 0 Å². The molecule has 0 aromatic heterocycles. The summed E-state index contributed by atoms with van der Waals surface area (Å²) in [6.07, 6.45) is 1.63. The molecule has 122 valence electrons. The van der Waals surface area contributed by atoms with E-state index in [-0.39, 0.29) is 5.91 Å². The molecule has 1 atom stereocenters. The zero-order valence-electron chi connectivity index (χ0n) is 13.6. The Bertz CT molecular complexity index is 508. The van der Waals surface area contributed by atoms with Crippen LogP contribution in [0, 0.1) is 0 Å². The molecule has 0 spiro atoms. The van der Waals surface area contributed by atoms with Gasteiger partial charge in [0, 0.05) is 32.7 Å². The first kappa shape index (κ1) is 16.8. The summed E-state index contributed by atoms with van der Waals surface area (Å²) >= 11 is 0. The lowest BCUT2D eigenvalue weighted by Crippen LogP contribution is -2.58. The van der Waals surface area contributed by atoms with Gasteiger partial charge in [0.2, 0.25) is 5.91 Å². The number of amides is 1. The summed E-state index contributed by atoms with van der Waals surface area (Å²) in [7, 11) is 0. The van der Waals surface area contributed by atoms with Gasteiger partial charge in [-0.1, -0.05) is 25.5 Å². The minimum absolute atomic E-state index is 0.0614. The summed E-state index contributed by atoms with van der Waals surface area (Å²) in [4.78, 5) is 16.7. The van der Waals surface area contributed by atoms with Crippen molar-refractivity contribution < 1.29 is 9.90 Å². The molecule has 1 fully saturated rings. The van der Waals surface area contributed by atoms with Crippen molar-refractivity contribution in [2.24, 2.45) is 5.73 Å². The highest BCUT2D eigenvalue weighted by Crippen LogP contribution is 2.17. The largest absolute Gasteiger partial charge is 0.508 e. The molecule has 5 heteroatoms. The van der Waals surface area contributed by atoms with Crippen molar-refractivity contribution >= 4 is 5.91 Å². The number of rotatable bonds is 5. The number of phenols is 1. The molecule has 1 unspecified atom stereocenters. The highest BCUT2D eigenvalue weighted by atomic mass is 16.3. The van der Waals surface area contributed by atoms with Crippen LogP contribution in [-0.2, 0) is 11.3 Å². The number of nitrogens with zero attached hydrogens (tertiary/aromatic N) is 2. The van der Waals surface area contributed by atoms with E-state index < -0.39 is 5.54 Å². The Labute approximate surface area is 132 Å². The Balaban J connectivity index is 1.86. The molecule has 1 saturated heterocycles. The van der Waals surface area contributed by atoms with Crippen molar-refractivity contribution in [3.05, 3.63) is 29.8 Å². The van der Waals surface area contributed by atoms with Crippen molar-refractivity contribution in [2.75, 3.05) is 26.2 Å². The van der Waals surface area contributed by atoms with Gasteiger partial charge in [-0.2, -0.15) is 0 Å². The molecule has 3 N–H and O–H groups in total. The zero-order chi connectivity index (χ0) is 16.2. The number of aromatic hydroxyl groups is 1. The van der Waals surface area contributed by atoms with E-state index in [0.717, 1.165) is 38.0 Å². The lowest BCUT2D eigenvalue weighted by Gasteiger charge is -2.38. The van der Waals surface area contributed by atoms with Crippen LogP contribution in [0.15, 0.2) is 24.3 Å². The van der Waals surface area contributed by atoms with Crippen molar-refractivity contribution in [1.29, 1.82) is 0 Å². The quantitative estimate of drug-likeness (QED) is 0.866. The number of phenolic OH excluding ortho intramolecular Hbond substituents is 1. The van der Waals surface area contributed by atoms with Crippen molar-refractivity contribution in [3.63, 3.8) is 0 Å². The Morgan fingerprint density at radius 2 is 2.00 bits per heavy atom. The lowest BCUT2D eigenvalue weighted by atomic mass is 9.95. The Morgan fingerprint density at radius 1 is 1.32 bits per heavy atom. The standard InChI is InChI=1S/C17H27N3O2/c1-3-7-17(2,18)16(22)20-10-8-19(9-11-20)13-14-5-4-6-15(21)12-14/h4-6,12,21H,3,7-11,13,18H2,1-2H3. The Kier molecular flexibility index (Phi) is 5.42. The molecule has 1 aromatic rings. The van der Waals surface area contributed by atoms with Crippen molar-refractivity contribution in [3.8, 4) is 5.75 Å². The van der Waals surface area contributed by atoms with E-state index in [9.17, 15) is 9.90 Å². The van der Waals surface area contributed by atoms with E-state index in [0.29, 0.717) is 18.8 Å². The van der Waals surface area contributed by atoms with Crippen LogP contribution in [0.5, 0.6) is 5.75 Å². The van der Waals surface area contributed by atoms with Crippen molar-refractivity contribution in [2.45, 2.75) is 38.8 Å². The van der Waals surface area contributed by atoms with Gasteiger partial charge in [-0.25, -0.2) is 0 Å². The maximum atomic E-state index is 12.5. The SMILES string of the molecule is CCCC(C)(N)C(=O)N1CCN(Cc2cccc(O)c2)CC1. The first-order valence-electron chi connectivity index (χ1n) is 8.01. The second-order valence-electron chi connectivity index (χ2n) is 6.41. The molecule has 1 aromatic carbocycles. The molecular weight excluding hydrogens is 278 g/mol. The number of hydrogen-bond donors (Lipinski definition) is 2. The van der Waals surface area contributed by atoms with Gasteiger partial charge in [0.25, 0.3) is 0 Å². The summed E-state index contributed by atoms with van der Waals surface area (Å²) in [5, 5.41) is 9.51. The van der Waals surface area contributed by atoms with Crippen LogP contribution in [-0.4, -0.2) is 52.5 Å². The fourth-order valence-electron chi connectivity index (χ4n) is 3.01. The van der Waals surface area contributed by atoms with Gasteiger partial charge in [0.05, 0.1) is 5.54 Å². The van der Waals surface area contributed by atoms with E-state index in [1.807, 2.05) is 30.9 Å². The summed E-state index contributed by atoms with van der Waals surface area (Å²) in [6, 6.07) is 7.33. The molecule has 5 nitrogen and oxygen atoms in total. The van der Waals surface area contributed by atoms with Gasteiger partial charge in [-0.15, -0.1) is 0 Å².